The molecule has 0 unspecified atom stereocenters. The van der Waals surface area contributed by atoms with Gasteiger partial charge in [0.25, 0.3) is 5.91 Å². The lowest BCUT2D eigenvalue weighted by Gasteiger charge is -2.14. The first kappa shape index (κ1) is 19.4. The van der Waals surface area contributed by atoms with Crippen molar-refractivity contribution >= 4 is 16.9 Å². The van der Waals surface area contributed by atoms with Crippen LogP contribution < -0.4 is 15.5 Å². The van der Waals surface area contributed by atoms with Crippen molar-refractivity contribution in [2.75, 3.05) is 6.54 Å². The highest BCUT2D eigenvalue weighted by atomic mass is 16.5. The van der Waals surface area contributed by atoms with E-state index in [1.54, 1.807) is 22.5 Å². The van der Waals surface area contributed by atoms with Crippen LogP contribution in [0.2, 0.25) is 0 Å². The van der Waals surface area contributed by atoms with Gasteiger partial charge in [0.2, 0.25) is 5.43 Å². The van der Waals surface area contributed by atoms with Crippen LogP contribution in [0.3, 0.4) is 0 Å². The Bertz CT molecular complexity index is 1230. The Morgan fingerprint density at radius 2 is 1.83 bits per heavy atom. The molecule has 2 heterocycles. The maximum absolute atomic E-state index is 12.8. The summed E-state index contributed by atoms with van der Waals surface area (Å²) in [5, 5.41) is 11.1. The molecule has 0 aliphatic rings. The standard InChI is InChI=1S/C22H21N5O3/c1-26-13-11-19(28)21(30-15-16-7-3-2-4-8-16)20(26)22(29)23-12-14-27-18-10-6-5-9-17(18)24-25-27/h2-11,13H,12,14-15H2,1H3,(H,23,29). The third-order valence-electron chi connectivity index (χ3n) is 4.71. The van der Waals surface area contributed by atoms with Gasteiger partial charge in [-0.05, 0) is 17.7 Å². The molecule has 1 N–H and O–H groups in total. The molecular weight excluding hydrogens is 382 g/mol. The van der Waals surface area contributed by atoms with Crippen molar-refractivity contribution in [1.29, 1.82) is 0 Å². The topological polar surface area (TPSA) is 91.0 Å². The molecule has 0 atom stereocenters. The summed E-state index contributed by atoms with van der Waals surface area (Å²) in [6.07, 6.45) is 1.55. The number of amides is 1. The van der Waals surface area contributed by atoms with Gasteiger partial charge in [0.15, 0.2) is 11.4 Å². The molecule has 0 aliphatic carbocycles. The van der Waals surface area contributed by atoms with E-state index in [0.29, 0.717) is 13.1 Å². The number of pyridine rings is 1. The second-order valence-corrected chi connectivity index (χ2v) is 6.80. The summed E-state index contributed by atoms with van der Waals surface area (Å²) in [6, 6.07) is 18.5. The summed E-state index contributed by atoms with van der Waals surface area (Å²) in [4.78, 5) is 25.2. The van der Waals surface area contributed by atoms with Gasteiger partial charge >= 0.3 is 0 Å². The van der Waals surface area contributed by atoms with Crippen LogP contribution >= 0.6 is 0 Å². The van der Waals surface area contributed by atoms with Crippen LogP contribution in [0.25, 0.3) is 11.0 Å². The number of ether oxygens (including phenoxy) is 1. The maximum Gasteiger partial charge on any atom is 0.271 e. The fourth-order valence-electron chi connectivity index (χ4n) is 3.18. The van der Waals surface area contributed by atoms with Crippen molar-refractivity contribution in [2.24, 2.45) is 7.05 Å². The molecule has 0 radical (unpaired) electrons. The molecule has 0 spiro atoms. The van der Waals surface area contributed by atoms with Gasteiger partial charge in [-0.25, -0.2) is 4.68 Å². The van der Waals surface area contributed by atoms with Crippen LogP contribution in [0.1, 0.15) is 16.1 Å². The molecule has 4 aromatic rings. The monoisotopic (exact) mass is 403 g/mol. The Labute approximate surface area is 172 Å². The Morgan fingerprint density at radius 1 is 1.07 bits per heavy atom. The van der Waals surface area contributed by atoms with E-state index >= 15 is 0 Å². The molecular formula is C22H21N5O3. The summed E-state index contributed by atoms with van der Waals surface area (Å²) < 4.78 is 9.06. The SMILES string of the molecule is Cn1ccc(=O)c(OCc2ccccc2)c1C(=O)NCCn1nnc2ccccc21. The number of para-hydroxylation sites is 1. The molecule has 0 saturated heterocycles. The number of aromatic nitrogens is 4. The zero-order valence-corrected chi connectivity index (χ0v) is 16.5. The minimum absolute atomic E-state index is 0.0348. The number of hydrogen-bond donors (Lipinski definition) is 1. The van der Waals surface area contributed by atoms with Crippen LogP contribution in [-0.4, -0.2) is 32.0 Å². The van der Waals surface area contributed by atoms with Crippen molar-refractivity contribution in [3.05, 3.63) is 88.3 Å². The fraction of sp³-hybridized carbons (Fsp3) is 0.182. The molecule has 0 saturated carbocycles. The molecule has 8 heteroatoms. The van der Waals surface area contributed by atoms with E-state index in [-0.39, 0.29) is 29.4 Å². The third kappa shape index (κ3) is 4.07. The number of hydrogen-bond acceptors (Lipinski definition) is 5. The highest BCUT2D eigenvalue weighted by molar-refractivity contribution is 5.95. The molecule has 2 aromatic heterocycles. The molecule has 0 fully saturated rings. The van der Waals surface area contributed by atoms with Crippen molar-refractivity contribution in [3.8, 4) is 5.75 Å². The molecule has 1 amide bonds. The van der Waals surface area contributed by atoms with Gasteiger partial charge in [0.1, 0.15) is 12.1 Å². The molecule has 30 heavy (non-hydrogen) atoms. The van der Waals surface area contributed by atoms with Gasteiger partial charge in [0.05, 0.1) is 12.1 Å². The third-order valence-corrected chi connectivity index (χ3v) is 4.71. The zero-order valence-electron chi connectivity index (χ0n) is 16.5. The molecule has 0 aliphatic heterocycles. The number of benzene rings is 2. The summed E-state index contributed by atoms with van der Waals surface area (Å²) >= 11 is 0. The minimum Gasteiger partial charge on any atom is -0.483 e. The summed E-state index contributed by atoms with van der Waals surface area (Å²) in [5.41, 5.74) is 2.45. The minimum atomic E-state index is -0.386. The van der Waals surface area contributed by atoms with Crippen LogP contribution in [-0.2, 0) is 20.2 Å². The van der Waals surface area contributed by atoms with Gasteiger partial charge in [-0.3, -0.25) is 9.59 Å². The first-order valence-corrected chi connectivity index (χ1v) is 9.56. The number of aryl methyl sites for hydroxylation is 1. The smallest absolute Gasteiger partial charge is 0.271 e. The van der Waals surface area contributed by atoms with Crippen molar-refractivity contribution in [1.82, 2.24) is 24.9 Å². The van der Waals surface area contributed by atoms with E-state index in [2.05, 4.69) is 15.6 Å². The lowest BCUT2D eigenvalue weighted by atomic mass is 10.2. The van der Waals surface area contributed by atoms with Gasteiger partial charge in [-0.15, -0.1) is 5.10 Å². The van der Waals surface area contributed by atoms with Crippen LogP contribution in [0, 0.1) is 0 Å². The van der Waals surface area contributed by atoms with Crippen molar-refractivity contribution < 1.29 is 9.53 Å². The Balaban J connectivity index is 1.47. The van der Waals surface area contributed by atoms with Crippen molar-refractivity contribution in [3.63, 3.8) is 0 Å². The predicted molar refractivity (Wildman–Crippen MR) is 112 cm³/mol. The normalized spacial score (nSPS) is 10.8. The first-order chi connectivity index (χ1) is 14.6. The van der Waals surface area contributed by atoms with Gasteiger partial charge in [-0.1, -0.05) is 47.7 Å². The number of nitrogens with one attached hydrogen (secondary N) is 1. The maximum atomic E-state index is 12.8. The molecule has 4 rings (SSSR count). The zero-order chi connectivity index (χ0) is 20.9. The Kier molecular flexibility index (Phi) is 5.56. The number of carbonyl (C=O) groups excluding carboxylic acids is 1. The highest BCUT2D eigenvalue weighted by Crippen LogP contribution is 2.15. The molecule has 2 aromatic carbocycles. The van der Waals surface area contributed by atoms with E-state index in [1.165, 1.54) is 6.07 Å². The predicted octanol–water partition coefficient (Wildman–Crippen LogP) is 2.14. The summed E-state index contributed by atoms with van der Waals surface area (Å²) in [6.45, 7) is 0.978. The Hall–Kier alpha value is -3.94. The van der Waals surface area contributed by atoms with Crippen LogP contribution in [0.5, 0.6) is 5.75 Å². The van der Waals surface area contributed by atoms with E-state index in [0.717, 1.165) is 16.6 Å². The van der Waals surface area contributed by atoms with E-state index in [9.17, 15) is 9.59 Å². The summed E-state index contributed by atoms with van der Waals surface area (Å²) in [5.74, 6) is -0.352. The van der Waals surface area contributed by atoms with E-state index in [4.69, 9.17) is 4.74 Å². The number of carbonyl (C=O) groups is 1. The fourth-order valence-corrected chi connectivity index (χ4v) is 3.18. The van der Waals surface area contributed by atoms with E-state index in [1.807, 2.05) is 54.6 Å². The van der Waals surface area contributed by atoms with Crippen molar-refractivity contribution in [2.45, 2.75) is 13.2 Å². The number of nitrogens with zero attached hydrogens (tertiary/aromatic N) is 4. The quantitative estimate of drug-likeness (QED) is 0.511. The van der Waals surface area contributed by atoms with Crippen LogP contribution in [0.4, 0.5) is 0 Å². The van der Waals surface area contributed by atoms with Gasteiger partial charge in [-0.2, -0.15) is 0 Å². The lowest BCUT2D eigenvalue weighted by molar-refractivity contribution is 0.0937. The highest BCUT2D eigenvalue weighted by Gasteiger charge is 2.19. The van der Waals surface area contributed by atoms with Gasteiger partial charge < -0.3 is 14.6 Å². The largest absolute Gasteiger partial charge is 0.483 e. The second-order valence-electron chi connectivity index (χ2n) is 6.80. The first-order valence-electron chi connectivity index (χ1n) is 9.56. The second kappa shape index (κ2) is 8.60. The van der Waals surface area contributed by atoms with Crippen LogP contribution in [0.15, 0.2) is 71.7 Å². The average Bonchev–Trinajstić information content (AvgIpc) is 3.18. The number of fused-ring (bicyclic) bond motifs is 1. The lowest BCUT2D eigenvalue weighted by Crippen LogP contribution is -2.31. The molecule has 152 valence electrons. The Morgan fingerprint density at radius 3 is 2.67 bits per heavy atom. The van der Waals surface area contributed by atoms with Gasteiger partial charge in [0, 0.05) is 25.9 Å². The average molecular weight is 403 g/mol. The number of rotatable bonds is 7. The van der Waals surface area contributed by atoms with E-state index < -0.39 is 0 Å². The molecule has 8 nitrogen and oxygen atoms in total. The summed E-state index contributed by atoms with van der Waals surface area (Å²) in [7, 11) is 1.70. The molecule has 0 bridgehead atoms.